The standard InChI is InChI=1S/C14H18N2O3S/c1-7-15-10-4-3-5-11(12(10)20-7)16(2)13(17)8-6-9(8)14(18)19/h8-9,11H,3-6H2,1-2H3,(H,18,19)/t8-,9-,11+/m0/s1. The van der Waals surface area contributed by atoms with Crippen LogP contribution in [0.2, 0.25) is 0 Å². The molecule has 1 aromatic rings. The van der Waals surface area contributed by atoms with Crippen molar-refractivity contribution in [2.45, 2.75) is 38.6 Å². The van der Waals surface area contributed by atoms with Crippen molar-refractivity contribution in [2.24, 2.45) is 11.8 Å². The van der Waals surface area contributed by atoms with Gasteiger partial charge in [0.25, 0.3) is 0 Å². The minimum absolute atomic E-state index is 0.0266. The molecule has 0 saturated heterocycles. The molecule has 108 valence electrons. The molecule has 0 radical (unpaired) electrons. The van der Waals surface area contributed by atoms with Gasteiger partial charge in [-0.25, -0.2) is 4.98 Å². The van der Waals surface area contributed by atoms with Gasteiger partial charge in [-0.2, -0.15) is 0 Å². The third kappa shape index (κ3) is 2.22. The third-order valence-corrected chi connectivity index (χ3v) is 5.38. The molecule has 1 aromatic heterocycles. The Balaban J connectivity index is 1.77. The van der Waals surface area contributed by atoms with E-state index in [-0.39, 0.29) is 17.9 Å². The maximum atomic E-state index is 12.4. The molecule has 2 aliphatic carbocycles. The number of rotatable bonds is 3. The second-order valence-corrected chi connectivity index (χ2v) is 6.92. The van der Waals surface area contributed by atoms with Gasteiger partial charge in [0.1, 0.15) is 0 Å². The van der Waals surface area contributed by atoms with Crippen LogP contribution < -0.4 is 0 Å². The lowest BCUT2D eigenvalue weighted by atomic mass is 9.96. The quantitative estimate of drug-likeness (QED) is 0.925. The summed E-state index contributed by atoms with van der Waals surface area (Å²) in [6.07, 6.45) is 3.45. The van der Waals surface area contributed by atoms with Crippen molar-refractivity contribution in [3.63, 3.8) is 0 Å². The topological polar surface area (TPSA) is 70.5 Å². The van der Waals surface area contributed by atoms with E-state index in [4.69, 9.17) is 5.11 Å². The van der Waals surface area contributed by atoms with Gasteiger partial charge in [0, 0.05) is 7.05 Å². The first-order valence-corrected chi connectivity index (χ1v) is 7.76. The second-order valence-electron chi connectivity index (χ2n) is 5.69. The average Bonchev–Trinajstić information content (AvgIpc) is 3.12. The highest BCUT2D eigenvalue weighted by Gasteiger charge is 2.50. The molecule has 0 aromatic carbocycles. The summed E-state index contributed by atoms with van der Waals surface area (Å²) in [5.41, 5.74) is 1.12. The van der Waals surface area contributed by atoms with Crippen LogP contribution in [0.3, 0.4) is 0 Å². The Bertz CT molecular complexity index is 569. The SMILES string of the molecule is Cc1nc2c(s1)[C@H](N(C)C(=O)[C@H]1C[C@@H]1C(=O)O)CCC2. The van der Waals surface area contributed by atoms with Crippen molar-refractivity contribution in [1.82, 2.24) is 9.88 Å². The number of carbonyl (C=O) groups is 2. The molecule has 0 aliphatic heterocycles. The number of nitrogens with zero attached hydrogens (tertiary/aromatic N) is 2. The summed E-state index contributed by atoms with van der Waals surface area (Å²) < 4.78 is 0. The van der Waals surface area contributed by atoms with Crippen LogP contribution in [0.25, 0.3) is 0 Å². The highest BCUT2D eigenvalue weighted by molar-refractivity contribution is 7.11. The van der Waals surface area contributed by atoms with E-state index in [1.165, 1.54) is 4.88 Å². The predicted octanol–water partition coefficient (Wildman–Crippen LogP) is 2.01. The molecular formula is C14H18N2O3S. The molecule has 0 spiro atoms. The van der Waals surface area contributed by atoms with E-state index in [1.54, 1.807) is 23.3 Å². The fraction of sp³-hybridized carbons (Fsp3) is 0.643. The van der Waals surface area contributed by atoms with Crippen LogP contribution in [-0.4, -0.2) is 33.9 Å². The van der Waals surface area contributed by atoms with Crippen molar-refractivity contribution in [3.8, 4) is 0 Å². The number of amides is 1. The van der Waals surface area contributed by atoms with E-state index in [0.29, 0.717) is 6.42 Å². The van der Waals surface area contributed by atoms with Crippen LogP contribution in [0.4, 0.5) is 0 Å². The molecule has 2 aliphatic rings. The molecule has 3 rings (SSSR count). The molecule has 1 fully saturated rings. The summed E-state index contributed by atoms with van der Waals surface area (Å²) in [7, 11) is 1.80. The molecule has 1 saturated carbocycles. The summed E-state index contributed by atoms with van der Waals surface area (Å²) in [6.45, 7) is 1.99. The van der Waals surface area contributed by atoms with Gasteiger partial charge >= 0.3 is 5.97 Å². The zero-order chi connectivity index (χ0) is 14.4. The zero-order valence-corrected chi connectivity index (χ0v) is 12.4. The van der Waals surface area contributed by atoms with Crippen molar-refractivity contribution in [2.75, 3.05) is 7.05 Å². The number of aryl methyl sites for hydroxylation is 2. The molecule has 5 nitrogen and oxygen atoms in total. The van der Waals surface area contributed by atoms with Crippen molar-refractivity contribution in [1.29, 1.82) is 0 Å². The van der Waals surface area contributed by atoms with Crippen LogP contribution in [-0.2, 0) is 16.0 Å². The average molecular weight is 294 g/mol. The lowest BCUT2D eigenvalue weighted by Gasteiger charge is -2.30. The van der Waals surface area contributed by atoms with Crippen molar-refractivity contribution >= 4 is 23.2 Å². The number of aromatic nitrogens is 1. The Morgan fingerprint density at radius 3 is 2.80 bits per heavy atom. The molecular weight excluding hydrogens is 276 g/mol. The highest BCUT2D eigenvalue weighted by atomic mass is 32.1. The van der Waals surface area contributed by atoms with Gasteiger partial charge < -0.3 is 10.0 Å². The van der Waals surface area contributed by atoms with Gasteiger partial charge in [0.15, 0.2) is 0 Å². The van der Waals surface area contributed by atoms with Crippen LogP contribution in [0, 0.1) is 18.8 Å². The summed E-state index contributed by atoms with van der Waals surface area (Å²) in [5.74, 6) is -1.68. The number of carboxylic acids is 1. The molecule has 6 heteroatoms. The summed E-state index contributed by atoms with van der Waals surface area (Å²) in [5, 5.41) is 9.99. The molecule has 1 amide bonds. The predicted molar refractivity (Wildman–Crippen MR) is 74.5 cm³/mol. The van der Waals surface area contributed by atoms with Gasteiger partial charge in [0.05, 0.1) is 33.5 Å². The number of thiazole rings is 1. The van der Waals surface area contributed by atoms with Gasteiger partial charge in [-0.15, -0.1) is 11.3 Å². The minimum atomic E-state index is -0.852. The summed E-state index contributed by atoms with van der Waals surface area (Å²) in [4.78, 5) is 30.8. The van der Waals surface area contributed by atoms with Gasteiger partial charge in [0.2, 0.25) is 5.91 Å². The lowest BCUT2D eigenvalue weighted by molar-refractivity contribution is -0.142. The van der Waals surface area contributed by atoms with Crippen molar-refractivity contribution < 1.29 is 14.7 Å². The number of aliphatic carboxylic acids is 1. The van der Waals surface area contributed by atoms with E-state index < -0.39 is 11.9 Å². The number of hydrogen-bond acceptors (Lipinski definition) is 4. The Kier molecular flexibility index (Phi) is 3.28. The Morgan fingerprint density at radius 1 is 1.40 bits per heavy atom. The Labute approximate surface area is 121 Å². The molecule has 20 heavy (non-hydrogen) atoms. The Morgan fingerprint density at radius 2 is 2.15 bits per heavy atom. The van der Waals surface area contributed by atoms with E-state index in [0.717, 1.165) is 30.0 Å². The fourth-order valence-electron chi connectivity index (χ4n) is 3.04. The van der Waals surface area contributed by atoms with Gasteiger partial charge in [-0.05, 0) is 32.6 Å². The molecule has 0 unspecified atom stereocenters. The molecule has 1 N–H and O–H groups in total. The number of hydrogen-bond donors (Lipinski definition) is 1. The first-order chi connectivity index (χ1) is 9.49. The number of carboxylic acid groups (broad SMARTS) is 1. The summed E-state index contributed by atoms with van der Waals surface area (Å²) in [6, 6.07) is 0.0764. The van der Waals surface area contributed by atoms with Crippen LogP contribution >= 0.6 is 11.3 Å². The van der Waals surface area contributed by atoms with Crippen LogP contribution in [0.1, 0.15) is 40.9 Å². The van der Waals surface area contributed by atoms with E-state index in [2.05, 4.69) is 4.98 Å². The maximum absolute atomic E-state index is 12.4. The maximum Gasteiger partial charge on any atom is 0.307 e. The number of carbonyl (C=O) groups excluding carboxylic acids is 1. The first-order valence-electron chi connectivity index (χ1n) is 6.94. The first kappa shape index (κ1) is 13.5. The second kappa shape index (κ2) is 4.84. The van der Waals surface area contributed by atoms with Crippen LogP contribution in [0.15, 0.2) is 0 Å². The Hall–Kier alpha value is -1.43. The van der Waals surface area contributed by atoms with E-state index >= 15 is 0 Å². The molecule has 3 atom stereocenters. The fourth-order valence-corrected chi connectivity index (χ4v) is 4.20. The zero-order valence-electron chi connectivity index (χ0n) is 11.6. The third-order valence-electron chi connectivity index (χ3n) is 4.27. The normalized spacial score (nSPS) is 27.8. The minimum Gasteiger partial charge on any atom is -0.481 e. The molecule has 1 heterocycles. The monoisotopic (exact) mass is 294 g/mol. The van der Waals surface area contributed by atoms with Gasteiger partial charge in [-0.3, -0.25) is 9.59 Å². The van der Waals surface area contributed by atoms with Crippen LogP contribution in [0.5, 0.6) is 0 Å². The van der Waals surface area contributed by atoms with E-state index in [9.17, 15) is 9.59 Å². The largest absolute Gasteiger partial charge is 0.481 e. The van der Waals surface area contributed by atoms with Gasteiger partial charge in [-0.1, -0.05) is 0 Å². The summed E-state index contributed by atoms with van der Waals surface area (Å²) >= 11 is 1.66. The number of fused-ring (bicyclic) bond motifs is 1. The lowest BCUT2D eigenvalue weighted by Crippen LogP contribution is -2.34. The highest BCUT2D eigenvalue weighted by Crippen LogP contribution is 2.43. The van der Waals surface area contributed by atoms with E-state index in [1.807, 2.05) is 6.92 Å². The molecule has 0 bridgehead atoms. The van der Waals surface area contributed by atoms with Crippen molar-refractivity contribution in [3.05, 3.63) is 15.6 Å². The smallest absolute Gasteiger partial charge is 0.307 e.